The smallest absolute Gasteiger partial charge is 0.329 e. The standard InChI is InChI=1S/C24H28ClN5O4/c25-19-12-20-24(27-21(26-20)14-29-7-1-2-18(13-29)34-15-22(31)32)28-23(19)16-3-5-17(6-4-16)30-8-10-33-11-9-30/h3-6,12,18H,1-2,7-11,13-15H2,(H,31,32)(H,26,27,28). The molecule has 1 unspecified atom stereocenters. The molecule has 4 heterocycles. The Morgan fingerprint density at radius 3 is 2.76 bits per heavy atom. The summed E-state index contributed by atoms with van der Waals surface area (Å²) in [5, 5.41) is 9.42. The second-order valence-electron chi connectivity index (χ2n) is 8.72. The first-order valence-electron chi connectivity index (χ1n) is 11.6. The predicted molar refractivity (Wildman–Crippen MR) is 129 cm³/mol. The first kappa shape index (κ1) is 23.0. The number of aromatic amines is 1. The zero-order valence-electron chi connectivity index (χ0n) is 18.9. The number of hydrogen-bond donors (Lipinski definition) is 2. The summed E-state index contributed by atoms with van der Waals surface area (Å²) in [6.07, 6.45) is 1.75. The number of carboxylic acid groups (broad SMARTS) is 1. The fraction of sp³-hybridized carbons (Fsp3) is 0.458. The van der Waals surface area contributed by atoms with Crippen LogP contribution in [-0.2, 0) is 20.8 Å². The Balaban J connectivity index is 1.29. The summed E-state index contributed by atoms with van der Waals surface area (Å²) in [6, 6.07) is 10.2. The maximum atomic E-state index is 10.8. The lowest BCUT2D eigenvalue weighted by Gasteiger charge is -2.31. The Bertz CT molecular complexity index is 1150. The summed E-state index contributed by atoms with van der Waals surface area (Å²) < 4.78 is 10.9. The highest BCUT2D eigenvalue weighted by atomic mass is 35.5. The number of nitrogens with one attached hydrogen (secondary N) is 1. The number of piperidine rings is 1. The van der Waals surface area contributed by atoms with Gasteiger partial charge in [-0.05, 0) is 37.6 Å². The van der Waals surface area contributed by atoms with E-state index >= 15 is 0 Å². The van der Waals surface area contributed by atoms with Crippen LogP contribution in [0.5, 0.6) is 0 Å². The molecule has 34 heavy (non-hydrogen) atoms. The zero-order valence-corrected chi connectivity index (χ0v) is 19.6. The molecule has 3 aromatic rings. The first-order valence-corrected chi connectivity index (χ1v) is 12.0. The summed E-state index contributed by atoms with van der Waals surface area (Å²) >= 11 is 6.59. The van der Waals surface area contributed by atoms with Crippen molar-refractivity contribution in [1.82, 2.24) is 19.9 Å². The summed E-state index contributed by atoms with van der Waals surface area (Å²) in [4.78, 5) is 28.1. The van der Waals surface area contributed by atoms with Crippen LogP contribution in [0, 0.1) is 0 Å². The maximum absolute atomic E-state index is 10.8. The molecule has 0 bridgehead atoms. The van der Waals surface area contributed by atoms with Crippen molar-refractivity contribution in [3.05, 3.63) is 41.2 Å². The third kappa shape index (κ3) is 5.33. The molecular formula is C24H28ClN5O4. The summed E-state index contributed by atoms with van der Waals surface area (Å²) in [6.45, 7) is 5.24. The van der Waals surface area contributed by atoms with Gasteiger partial charge < -0.3 is 24.5 Å². The molecule has 2 fully saturated rings. The van der Waals surface area contributed by atoms with Crippen LogP contribution >= 0.6 is 11.6 Å². The van der Waals surface area contributed by atoms with Gasteiger partial charge in [0.2, 0.25) is 0 Å². The van der Waals surface area contributed by atoms with E-state index in [1.54, 1.807) is 0 Å². The van der Waals surface area contributed by atoms with Crippen molar-refractivity contribution in [2.45, 2.75) is 25.5 Å². The number of pyridine rings is 1. The number of halogens is 1. The molecular weight excluding hydrogens is 458 g/mol. The molecule has 2 N–H and O–H groups in total. The minimum absolute atomic E-state index is 0.0752. The molecule has 1 atom stereocenters. The average Bonchev–Trinajstić information content (AvgIpc) is 3.24. The van der Waals surface area contributed by atoms with E-state index in [1.807, 2.05) is 18.2 Å². The zero-order chi connectivity index (χ0) is 23.5. The van der Waals surface area contributed by atoms with Crippen molar-refractivity contribution in [1.29, 1.82) is 0 Å². The lowest BCUT2D eigenvalue weighted by atomic mass is 10.1. The monoisotopic (exact) mass is 485 g/mol. The van der Waals surface area contributed by atoms with Gasteiger partial charge in [0.1, 0.15) is 12.4 Å². The van der Waals surface area contributed by atoms with E-state index in [9.17, 15) is 4.79 Å². The van der Waals surface area contributed by atoms with Crippen molar-refractivity contribution < 1.29 is 19.4 Å². The SMILES string of the molecule is O=C(O)COC1CCCN(Cc2nc3nc(-c4ccc(N5CCOCC5)cc4)c(Cl)cc3[nH]2)C1. The molecule has 0 radical (unpaired) electrons. The molecule has 0 aliphatic carbocycles. The van der Waals surface area contributed by atoms with Crippen LogP contribution in [0.15, 0.2) is 30.3 Å². The topological polar surface area (TPSA) is 104 Å². The molecule has 0 spiro atoms. The molecule has 180 valence electrons. The number of H-pyrrole nitrogens is 1. The molecule has 5 rings (SSSR count). The normalized spacial score (nSPS) is 19.6. The van der Waals surface area contributed by atoms with Crippen molar-refractivity contribution in [3.8, 4) is 11.3 Å². The highest BCUT2D eigenvalue weighted by molar-refractivity contribution is 6.33. The number of imidazole rings is 1. The summed E-state index contributed by atoms with van der Waals surface area (Å²) in [7, 11) is 0. The Kier molecular flexibility index (Phi) is 6.96. The average molecular weight is 486 g/mol. The minimum Gasteiger partial charge on any atom is -0.480 e. The number of hydrogen-bond acceptors (Lipinski definition) is 7. The van der Waals surface area contributed by atoms with Crippen LogP contribution in [0.2, 0.25) is 5.02 Å². The van der Waals surface area contributed by atoms with Gasteiger partial charge in [-0.25, -0.2) is 14.8 Å². The predicted octanol–water partition coefficient (Wildman–Crippen LogP) is 3.18. The summed E-state index contributed by atoms with van der Waals surface area (Å²) in [5.74, 6) is -0.138. The van der Waals surface area contributed by atoms with E-state index in [2.05, 4.69) is 26.9 Å². The molecule has 2 aliphatic rings. The quantitative estimate of drug-likeness (QED) is 0.526. The molecule has 1 aromatic carbocycles. The van der Waals surface area contributed by atoms with Gasteiger partial charge in [-0.3, -0.25) is 4.90 Å². The number of fused-ring (bicyclic) bond motifs is 1. The van der Waals surface area contributed by atoms with Crippen LogP contribution in [0.4, 0.5) is 5.69 Å². The van der Waals surface area contributed by atoms with E-state index in [0.29, 0.717) is 29.5 Å². The Labute approximate surface area is 202 Å². The number of benzene rings is 1. The van der Waals surface area contributed by atoms with Crippen molar-refractivity contribution in [3.63, 3.8) is 0 Å². The van der Waals surface area contributed by atoms with Crippen molar-refractivity contribution >= 4 is 34.4 Å². The van der Waals surface area contributed by atoms with Gasteiger partial charge in [0.15, 0.2) is 5.65 Å². The molecule has 9 nitrogen and oxygen atoms in total. The number of aromatic nitrogens is 3. The molecule has 0 amide bonds. The molecule has 2 aromatic heterocycles. The van der Waals surface area contributed by atoms with E-state index in [4.69, 9.17) is 36.1 Å². The van der Waals surface area contributed by atoms with Crippen LogP contribution in [0.1, 0.15) is 18.7 Å². The number of aliphatic carboxylic acids is 1. The van der Waals surface area contributed by atoms with Gasteiger partial charge in [-0.2, -0.15) is 0 Å². The lowest BCUT2D eigenvalue weighted by molar-refractivity contribution is -0.145. The van der Waals surface area contributed by atoms with Crippen LogP contribution < -0.4 is 4.90 Å². The van der Waals surface area contributed by atoms with Gasteiger partial charge in [0, 0.05) is 30.9 Å². The number of ether oxygens (including phenoxy) is 2. The van der Waals surface area contributed by atoms with Gasteiger partial charge in [-0.1, -0.05) is 23.7 Å². The van der Waals surface area contributed by atoms with Gasteiger partial charge in [-0.15, -0.1) is 0 Å². The Morgan fingerprint density at radius 1 is 1.21 bits per heavy atom. The second-order valence-corrected chi connectivity index (χ2v) is 9.13. The van der Waals surface area contributed by atoms with Gasteiger partial charge in [0.25, 0.3) is 0 Å². The number of carboxylic acids is 1. The number of rotatable bonds is 7. The number of likely N-dealkylation sites (tertiary alicyclic amines) is 1. The number of carbonyl (C=O) groups is 1. The molecule has 0 saturated carbocycles. The minimum atomic E-state index is -0.941. The highest BCUT2D eigenvalue weighted by Gasteiger charge is 2.22. The third-order valence-corrected chi connectivity index (χ3v) is 6.56. The van der Waals surface area contributed by atoms with E-state index < -0.39 is 5.97 Å². The fourth-order valence-electron chi connectivity index (χ4n) is 4.59. The third-order valence-electron chi connectivity index (χ3n) is 6.27. The van der Waals surface area contributed by atoms with Crippen molar-refractivity contribution in [2.24, 2.45) is 0 Å². The second kappa shape index (κ2) is 10.3. The van der Waals surface area contributed by atoms with Crippen LogP contribution in [0.25, 0.3) is 22.4 Å². The number of anilines is 1. The number of nitrogens with zero attached hydrogens (tertiary/aromatic N) is 4. The Hall–Kier alpha value is -2.72. The molecule has 10 heteroatoms. The fourth-order valence-corrected chi connectivity index (χ4v) is 4.85. The maximum Gasteiger partial charge on any atom is 0.329 e. The molecule has 2 aliphatic heterocycles. The van der Waals surface area contributed by atoms with Gasteiger partial charge in [0.05, 0.1) is 42.1 Å². The molecule has 2 saturated heterocycles. The lowest BCUT2D eigenvalue weighted by Crippen LogP contribution is -2.40. The van der Waals surface area contributed by atoms with Crippen LogP contribution in [-0.4, -0.2) is 83.0 Å². The Morgan fingerprint density at radius 2 is 2.00 bits per heavy atom. The van der Waals surface area contributed by atoms with Gasteiger partial charge >= 0.3 is 5.97 Å². The van der Waals surface area contributed by atoms with E-state index in [1.165, 1.54) is 5.69 Å². The number of morpholine rings is 1. The van der Waals surface area contributed by atoms with E-state index in [0.717, 1.165) is 62.6 Å². The highest BCUT2D eigenvalue weighted by Crippen LogP contribution is 2.30. The first-order chi connectivity index (χ1) is 16.5. The largest absolute Gasteiger partial charge is 0.480 e. The van der Waals surface area contributed by atoms with Crippen molar-refractivity contribution in [2.75, 3.05) is 50.9 Å². The van der Waals surface area contributed by atoms with E-state index in [-0.39, 0.29) is 12.7 Å². The van der Waals surface area contributed by atoms with Crippen LogP contribution in [0.3, 0.4) is 0 Å². The summed E-state index contributed by atoms with van der Waals surface area (Å²) in [5.41, 5.74) is 4.24.